The molecular formula is C20H22N6O. The summed E-state index contributed by atoms with van der Waals surface area (Å²) in [6.45, 7) is 4.86. The summed E-state index contributed by atoms with van der Waals surface area (Å²) in [6, 6.07) is 11.9. The molecular weight excluding hydrogens is 340 g/mol. The van der Waals surface area contributed by atoms with Crippen LogP contribution in [0.5, 0.6) is 0 Å². The number of nitrogens with one attached hydrogen (secondary N) is 1. The number of benzene rings is 1. The lowest BCUT2D eigenvalue weighted by molar-refractivity contribution is 0.0949. The maximum Gasteiger partial charge on any atom is 0.273 e. The van der Waals surface area contributed by atoms with Gasteiger partial charge in [-0.2, -0.15) is 0 Å². The van der Waals surface area contributed by atoms with Gasteiger partial charge < -0.3 is 5.32 Å². The second-order valence-corrected chi connectivity index (χ2v) is 6.21. The fraction of sp³-hybridized carbons (Fsp3) is 0.250. The number of amides is 1. The summed E-state index contributed by atoms with van der Waals surface area (Å²) in [6.07, 6.45) is 6.19. The Morgan fingerprint density at radius 1 is 1.15 bits per heavy atom. The molecule has 3 rings (SSSR count). The van der Waals surface area contributed by atoms with E-state index in [4.69, 9.17) is 0 Å². The number of hydrogen-bond donors (Lipinski definition) is 1. The van der Waals surface area contributed by atoms with Crippen LogP contribution in [0.25, 0.3) is 6.08 Å². The van der Waals surface area contributed by atoms with Crippen LogP contribution >= 0.6 is 0 Å². The van der Waals surface area contributed by atoms with Crippen LogP contribution in [0.2, 0.25) is 0 Å². The fourth-order valence-electron chi connectivity index (χ4n) is 2.64. The molecule has 0 unspecified atom stereocenters. The number of carbonyl (C=O) groups excluding carboxylic acids is 1. The fourth-order valence-corrected chi connectivity index (χ4v) is 2.64. The highest BCUT2D eigenvalue weighted by atomic mass is 16.2. The summed E-state index contributed by atoms with van der Waals surface area (Å²) in [5, 5.41) is 10.7. The predicted molar refractivity (Wildman–Crippen MR) is 103 cm³/mol. The average Bonchev–Trinajstić information content (AvgIpc) is 3.11. The van der Waals surface area contributed by atoms with E-state index in [1.165, 1.54) is 0 Å². The highest BCUT2D eigenvalue weighted by molar-refractivity contribution is 5.91. The van der Waals surface area contributed by atoms with Crippen LogP contribution in [0.15, 0.2) is 48.7 Å². The SMILES string of the molecule is Cc1cc(C)nc(CCNC(=O)c2cn(CC=Cc3ccccc3)nn2)n1. The molecule has 2 aromatic heterocycles. The minimum Gasteiger partial charge on any atom is -0.350 e. The lowest BCUT2D eigenvalue weighted by Gasteiger charge is -2.04. The Kier molecular flexibility index (Phi) is 6.04. The molecule has 0 aliphatic rings. The van der Waals surface area contributed by atoms with E-state index >= 15 is 0 Å². The molecule has 1 amide bonds. The van der Waals surface area contributed by atoms with Crippen molar-refractivity contribution in [3.63, 3.8) is 0 Å². The van der Waals surface area contributed by atoms with E-state index < -0.39 is 0 Å². The first-order chi connectivity index (χ1) is 13.1. The van der Waals surface area contributed by atoms with Crippen LogP contribution in [0, 0.1) is 13.8 Å². The summed E-state index contributed by atoms with van der Waals surface area (Å²) in [5.74, 6) is 0.472. The number of aromatic nitrogens is 5. The highest BCUT2D eigenvalue weighted by Crippen LogP contribution is 2.02. The molecule has 0 fully saturated rings. The first-order valence-corrected chi connectivity index (χ1v) is 8.81. The van der Waals surface area contributed by atoms with Gasteiger partial charge in [0.05, 0.1) is 12.7 Å². The molecule has 0 saturated carbocycles. The number of nitrogens with zero attached hydrogens (tertiary/aromatic N) is 5. The van der Waals surface area contributed by atoms with Crippen molar-refractivity contribution in [1.29, 1.82) is 0 Å². The molecule has 0 radical (unpaired) electrons. The molecule has 0 aliphatic carbocycles. The topological polar surface area (TPSA) is 85.6 Å². The largest absolute Gasteiger partial charge is 0.350 e. The van der Waals surface area contributed by atoms with Crippen molar-refractivity contribution < 1.29 is 4.79 Å². The van der Waals surface area contributed by atoms with Crippen molar-refractivity contribution in [3.8, 4) is 0 Å². The van der Waals surface area contributed by atoms with Gasteiger partial charge >= 0.3 is 0 Å². The number of rotatable bonds is 7. The van der Waals surface area contributed by atoms with Gasteiger partial charge in [0, 0.05) is 24.4 Å². The lowest BCUT2D eigenvalue weighted by atomic mass is 10.2. The molecule has 1 N–H and O–H groups in total. The molecule has 0 spiro atoms. The standard InChI is InChI=1S/C20H22N6O/c1-15-13-16(2)23-19(22-15)10-11-21-20(27)18-14-26(25-24-18)12-6-9-17-7-4-3-5-8-17/h3-9,13-14H,10-12H2,1-2H3,(H,21,27). The van der Waals surface area contributed by atoms with Gasteiger partial charge in [-0.15, -0.1) is 5.10 Å². The molecule has 1 aromatic carbocycles. The first-order valence-electron chi connectivity index (χ1n) is 8.81. The Labute approximate surface area is 158 Å². The van der Waals surface area contributed by atoms with Crippen molar-refractivity contribution >= 4 is 12.0 Å². The second-order valence-electron chi connectivity index (χ2n) is 6.21. The quantitative estimate of drug-likeness (QED) is 0.697. The third kappa shape index (κ3) is 5.57. The Hall–Kier alpha value is -3.35. The van der Waals surface area contributed by atoms with Gasteiger partial charge in [-0.1, -0.05) is 47.7 Å². The average molecular weight is 362 g/mol. The van der Waals surface area contributed by atoms with E-state index in [0.717, 1.165) is 22.8 Å². The molecule has 0 atom stereocenters. The Morgan fingerprint density at radius 3 is 2.63 bits per heavy atom. The number of carbonyl (C=O) groups is 1. The molecule has 3 aromatic rings. The summed E-state index contributed by atoms with van der Waals surface area (Å²) < 4.78 is 1.63. The molecule has 27 heavy (non-hydrogen) atoms. The van der Waals surface area contributed by atoms with E-state index in [0.29, 0.717) is 25.2 Å². The Balaban J connectivity index is 1.48. The molecule has 2 heterocycles. The van der Waals surface area contributed by atoms with Gasteiger partial charge in [0.1, 0.15) is 5.82 Å². The zero-order chi connectivity index (χ0) is 19.1. The summed E-state index contributed by atoms with van der Waals surface area (Å²) >= 11 is 0. The second kappa shape index (κ2) is 8.84. The number of hydrogen-bond acceptors (Lipinski definition) is 5. The van der Waals surface area contributed by atoms with Crippen LogP contribution in [-0.2, 0) is 13.0 Å². The van der Waals surface area contributed by atoms with Gasteiger partial charge in [-0.3, -0.25) is 4.79 Å². The van der Waals surface area contributed by atoms with Crippen LogP contribution in [0.4, 0.5) is 0 Å². The third-order valence-electron chi connectivity index (χ3n) is 3.84. The maximum atomic E-state index is 12.2. The van der Waals surface area contributed by atoms with E-state index in [1.807, 2.05) is 62.4 Å². The lowest BCUT2D eigenvalue weighted by Crippen LogP contribution is -2.26. The molecule has 7 heteroatoms. The molecule has 0 saturated heterocycles. The van der Waals surface area contributed by atoms with Gasteiger partial charge in [-0.25, -0.2) is 14.6 Å². The summed E-state index contributed by atoms with van der Waals surface area (Å²) in [4.78, 5) is 20.9. The monoisotopic (exact) mass is 362 g/mol. The van der Waals surface area contributed by atoms with Gasteiger partial charge in [0.15, 0.2) is 5.69 Å². The van der Waals surface area contributed by atoms with Crippen LogP contribution in [-0.4, -0.2) is 37.4 Å². The first kappa shape index (κ1) is 18.4. The van der Waals surface area contributed by atoms with Crippen molar-refractivity contribution in [2.75, 3.05) is 6.54 Å². The van der Waals surface area contributed by atoms with E-state index in [9.17, 15) is 4.79 Å². The van der Waals surface area contributed by atoms with E-state index in [2.05, 4.69) is 25.6 Å². The molecule has 7 nitrogen and oxygen atoms in total. The van der Waals surface area contributed by atoms with Crippen LogP contribution in [0.3, 0.4) is 0 Å². The van der Waals surface area contributed by atoms with Crippen LogP contribution < -0.4 is 5.32 Å². The number of aryl methyl sites for hydroxylation is 2. The van der Waals surface area contributed by atoms with Crippen molar-refractivity contribution in [1.82, 2.24) is 30.3 Å². The smallest absolute Gasteiger partial charge is 0.273 e. The third-order valence-corrected chi connectivity index (χ3v) is 3.84. The Bertz CT molecular complexity index is 912. The zero-order valence-corrected chi connectivity index (χ0v) is 15.5. The van der Waals surface area contributed by atoms with Gasteiger partial charge in [-0.05, 0) is 25.5 Å². The zero-order valence-electron chi connectivity index (χ0n) is 15.5. The Morgan fingerprint density at radius 2 is 1.89 bits per heavy atom. The maximum absolute atomic E-state index is 12.2. The van der Waals surface area contributed by atoms with Gasteiger partial charge in [0.2, 0.25) is 0 Å². The normalized spacial score (nSPS) is 11.0. The predicted octanol–water partition coefficient (Wildman–Crippen LogP) is 2.37. The minimum atomic E-state index is -0.252. The summed E-state index contributed by atoms with van der Waals surface area (Å²) in [5.41, 5.74) is 3.26. The minimum absolute atomic E-state index is 0.252. The molecule has 138 valence electrons. The van der Waals surface area contributed by atoms with Crippen molar-refractivity contribution in [2.45, 2.75) is 26.8 Å². The summed E-state index contributed by atoms with van der Waals surface area (Å²) in [7, 11) is 0. The number of allylic oxidation sites excluding steroid dienone is 1. The van der Waals surface area contributed by atoms with E-state index in [-0.39, 0.29) is 5.91 Å². The van der Waals surface area contributed by atoms with Crippen molar-refractivity contribution in [2.24, 2.45) is 0 Å². The van der Waals surface area contributed by atoms with E-state index in [1.54, 1.807) is 10.9 Å². The van der Waals surface area contributed by atoms with Gasteiger partial charge in [0.25, 0.3) is 5.91 Å². The highest BCUT2D eigenvalue weighted by Gasteiger charge is 2.10. The molecule has 0 aliphatic heterocycles. The molecule has 0 bridgehead atoms. The van der Waals surface area contributed by atoms with Crippen LogP contribution in [0.1, 0.15) is 33.3 Å². The van der Waals surface area contributed by atoms with Crippen molar-refractivity contribution in [3.05, 3.63) is 77.1 Å².